The van der Waals surface area contributed by atoms with E-state index in [1.807, 2.05) is 68.4 Å². The van der Waals surface area contributed by atoms with Crippen LogP contribution in [-0.2, 0) is 35.7 Å². The molecule has 3 atom stereocenters. The molecule has 3 aromatic carbocycles. The number of imidazole rings is 1. The summed E-state index contributed by atoms with van der Waals surface area (Å²) in [5.41, 5.74) is 5.96. The molecule has 2 heterocycles. The van der Waals surface area contributed by atoms with Gasteiger partial charge in [0.25, 0.3) is 0 Å². The van der Waals surface area contributed by atoms with Gasteiger partial charge in [-0.05, 0) is 44.7 Å². The van der Waals surface area contributed by atoms with E-state index in [-0.39, 0.29) is 24.8 Å². The number of rotatable bonds is 15. The van der Waals surface area contributed by atoms with Crippen LogP contribution in [0.15, 0.2) is 66.7 Å². The Hall–Kier alpha value is -4.06. The molecule has 0 radical (unpaired) electrons. The first-order valence-corrected chi connectivity index (χ1v) is 16.8. The molecule has 4 N–H and O–H groups in total. The molecule has 244 valence electrons. The molecule has 46 heavy (non-hydrogen) atoms. The van der Waals surface area contributed by atoms with E-state index in [0.717, 1.165) is 11.8 Å². The predicted molar refractivity (Wildman–Crippen MR) is 177 cm³/mol. The molecule has 0 amide bonds. The summed E-state index contributed by atoms with van der Waals surface area (Å²) in [6.07, 6.45) is 1.54. The highest BCUT2D eigenvalue weighted by Gasteiger charge is 2.38. The Bertz CT molecular complexity index is 1890. The van der Waals surface area contributed by atoms with E-state index in [2.05, 4.69) is 15.1 Å². The summed E-state index contributed by atoms with van der Waals surface area (Å²) < 4.78 is 39.2. The lowest BCUT2D eigenvalue weighted by atomic mass is 10.1. The number of para-hydroxylation sites is 1. The number of esters is 1. The van der Waals surface area contributed by atoms with E-state index in [0.29, 0.717) is 46.2 Å². The third-order valence-electron chi connectivity index (χ3n) is 7.43. The highest BCUT2D eigenvalue weighted by molar-refractivity contribution is 7.52. The van der Waals surface area contributed by atoms with Gasteiger partial charge in [-0.1, -0.05) is 67.9 Å². The number of anilines is 1. The number of aliphatic hydroxyl groups is 1. The summed E-state index contributed by atoms with van der Waals surface area (Å²) in [6.45, 7) is 6.99. The molecule has 0 saturated carbocycles. The van der Waals surface area contributed by atoms with Gasteiger partial charge in [0.15, 0.2) is 11.5 Å². The van der Waals surface area contributed by atoms with E-state index in [1.54, 1.807) is 16.7 Å². The van der Waals surface area contributed by atoms with E-state index >= 15 is 0 Å². The maximum atomic E-state index is 14.5. The summed E-state index contributed by atoms with van der Waals surface area (Å²) in [6, 6.07) is 19.1. The van der Waals surface area contributed by atoms with Crippen molar-refractivity contribution in [2.45, 2.75) is 58.9 Å². The van der Waals surface area contributed by atoms with Crippen LogP contribution in [0.2, 0.25) is 0 Å². The minimum atomic E-state index is -4.36. The largest absolute Gasteiger partial charge is 0.465 e. The van der Waals surface area contributed by atoms with Gasteiger partial charge in [0.1, 0.15) is 36.3 Å². The highest BCUT2D eigenvalue weighted by Crippen LogP contribution is 2.48. The van der Waals surface area contributed by atoms with Crippen molar-refractivity contribution in [2.75, 3.05) is 25.6 Å². The Balaban J connectivity index is 1.53. The van der Waals surface area contributed by atoms with Gasteiger partial charge in [0.2, 0.25) is 0 Å². The number of benzene rings is 3. The van der Waals surface area contributed by atoms with Crippen molar-refractivity contribution >= 4 is 52.2 Å². The maximum absolute atomic E-state index is 14.5. The van der Waals surface area contributed by atoms with Crippen LogP contribution in [-0.4, -0.2) is 51.5 Å². The second-order valence-corrected chi connectivity index (χ2v) is 12.8. The Labute approximate surface area is 267 Å². The molecule has 2 aromatic heterocycles. The molecule has 5 aromatic rings. The first kappa shape index (κ1) is 33.3. The summed E-state index contributed by atoms with van der Waals surface area (Å²) in [7, 11) is -4.36. The number of hydrogen-bond donors (Lipinski definition) is 3. The fourth-order valence-corrected chi connectivity index (χ4v) is 6.75. The Morgan fingerprint density at radius 2 is 1.78 bits per heavy atom. The number of ether oxygens (including phenoxy) is 2. The quantitative estimate of drug-likeness (QED) is 0.0689. The van der Waals surface area contributed by atoms with Crippen molar-refractivity contribution in [3.05, 3.63) is 72.6 Å². The molecule has 0 aliphatic carbocycles. The smallest absolute Gasteiger partial charge is 0.459 e. The lowest BCUT2D eigenvalue weighted by molar-refractivity contribution is -0.145. The first-order valence-electron chi connectivity index (χ1n) is 15.3. The summed E-state index contributed by atoms with van der Waals surface area (Å²) >= 11 is 0. The normalized spacial score (nSPS) is 15.1. The number of hydrogen-bond acceptors (Lipinski definition) is 10. The first-order chi connectivity index (χ1) is 22.1. The molecule has 0 aliphatic rings. The van der Waals surface area contributed by atoms with Gasteiger partial charge in [-0.3, -0.25) is 13.9 Å². The number of nitrogens with one attached hydrogen (secondary N) is 1. The molecular formula is C33H40N5O7P. The molecule has 0 saturated heterocycles. The number of carbonyl (C=O) groups is 1. The molecule has 0 spiro atoms. The Kier molecular flexibility index (Phi) is 10.2. The zero-order valence-corrected chi connectivity index (χ0v) is 27.3. The van der Waals surface area contributed by atoms with Gasteiger partial charge in [-0.25, -0.2) is 14.5 Å². The van der Waals surface area contributed by atoms with E-state index in [1.165, 1.54) is 13.8 Å². The molecule has 0 fully saturated rings. The lowest BCUT2D eigenvalue weighted by Gasteiger charge is -2.30. The van der Waals surface area contributed by atoms with Crippen molar-refractivity contribution in [2.24, 2.45) is 0 Å². The predicted octanol–water partition coefficient (Wildman–Crippen LogP) is 6.05. The average molecular weight is 650 g/mol. The monoisotopic (exact) mass is 649 g/mol. The highest BCUT2D eigenvalue weighted by atomic mass is 31.2. The molecule has 0 aliphatic heterocycles. The Morgan fingerprint density at radius 1 is 1.07 bits per heavy atom. The summed E-state index contributed by atoms with van der Waals surface area (Å²) in [4.78, 5) is 21.9. The number of nitrogen functional groups attached to an aromatic ring is 1. The molecule has 0 bridgehead atoms. The van der Waals surface area contributed by atoms with Crippen molar-refractivity contribution in [1.82, 2.24) is 19.6 Å². The van der Waals surface area contributed by atoms with Crippen molar-refractivity contribution in [3.63, 3.8) is 0 Å². The molecular weight excluding hydrogens is 609 g/mol. The van der Waals surface area contributed by atoms with Crippen LogP contribution in [0, 0.1) is 0 Å². The van der Waals surface area contributed by atoms with Crippen LogP contribution in [0.25, 0.3) is 32.7 Å². The van der Waals surface area contributed by atoms with Gasteiger partial charge in [0.05, 0.1) is 17.6 Å². The van der Waals surface area contributed by atoms with E-state index < -0.39 is 32.1 Å². The number of fused-ring (bicyclic) bond motifs is 4. The molecule has 5 rings (SSSR count). The molecule has 12 nitrogen and oxygen atoms in total. The van der Waals surface area contributed by atoms with E-state index in [4.69, 9.17) is 24.3 Å². The second kappa shape index (κ2) is 14.1. The average Bonchev–Trinajstić information content (AvgIpc) is 3.45. The number of unbranched alkanes of at least 4 members (excludes halogenated alkanes) is 1. The van der Waals surface area contributed by atoms with Gasteiger partial charge >= 0.3 is 13.7 Å². The maximum Gasteiger partial charge on any atom is 0.459 e. The number of pyridine rings is 1. The van der Waals surface area contributed by atoms with Crippen LogP contribution in [0.4, 0.5) is 5.82 Å². The van der Waals surface area contributed by atoms with E-state index in [9.17, 15) is 14.5 Å². The number of nitrogens with two attached hydrogens (primary N) is 1. The fourth-order valence-electron chi connectivity index (χ4n) is 5.16. The minimum absolute atomic E-state index is 0.0537. The third-order valence-corrected chi connectivity index (χ3v) is 9.04. The number of nitrogens with zero attached hydrogens (tertiary/aromatic N) is 3. The molecule has 2 unspecified atom stereocenters. The zero-order valence-electron chi connectivity index (χ0n) is 26.4. The third kappa shape index (κ3) is 7.16. The van der Waals surface area contributed by atoms with Gasteiger partial charge in [0, 0.05) is 17.4 Å². The number of carbonyl (C=O) groups excluding carboxylic acids is 1. The number of aromatic nitrogens is 3. The van der Waals surface area contributed by atoms with Crippen molar-refractivity contribution in [3.8, 4) is 5.75 Å². The second-order valence-electron chi connectivity index (χ2n) is 11.1. The summed E-state index contributed by atoms with van der Waals surface area (Å²) in [5, 5.41) is 17.0. The fraction of sp³-hybridized carbons (Fsp3) is 0.364. The minimum Gasteiger partial charge on any atom is -0.465 e. The lowest BCUT2D eigenvalue weighted by Crippen LogP contribution is -2.39. The summed E-state index contributed by atoms with van der Waals surface area (Å²) in [5.74, 6) is 0.208. The Morgan fingerprint density at radius 3 is 2.54 bits per heavy atom. The SMILES string of the molecule is CCCCOC(=O)[C@H](C)NP(=O)(OCC(C)(O)n1c(COCC)nc2c(N)nc3ccccc3c21)Oc1cccc2ccccc12. The topological polar surface area (TPSA) is 160 Å². The van der Waals surface area contributed by atoms with Gasteiger partial charge < -0.3 is 24.8 Å². The van der Waals surface area contributed by atoms with Gasteiger partial charge in [-0.2, -0.15) is 5.09 Å². The van der Waals surface area contributed by atoms with Crippen LogP contribution in [0.5, 0.6) is 5.75 Å². The van der Waals surface area contributed by atoms with Crippen LogP contribution in [0.3, 0.4) is 0 Å². The van der Waals surface area contributed by atoms with Crippen molar-refractivity contribution in [1.29, 1.82) is 0 Å². The van der Waals surface area contributed by atoms with Crippen LogP contribution >= 0.6 is 7.75 Å². The van der Waals surface area contributed by atoms with Gasteiger partial charge in [-0.15, -0.1) is 0 Å². The van der Waals surface area contributed by atoms with Crippen LogP contribution in [0.1, 0.15) is 46.4 Å². The van der Waals surface area contributed by atoms with Crippen LogP contribution < -0.4 is 15.3 Å². The molecule has 13 heteroatoms. The standard InChI is InChI=1S/C33H40N5O7P/c1-5-7-19-43-32(39)22(3)37-46(41,45-27-18-12-14-23-13-8-9-15-24(23)27)44-21-33(4,40)38-28(20-42-6-2)36-29-30(38)25-16-10-11-17-26(25)35-31(29)34/h8-18,22,40H,5-7,19-21H2,1-4H3,(H2,34,35)(H,37,41)/t22-,33?,46?/m0/s1. The van der Waals surface area contributed by atoms with Crippen molar-refractivity contribution < 1.29 is 33.0 Å². The zero-order chi connectivity index (χ0) is 32.9.